The number of phenolic OH excluding ortho intramolecular Hbond substituents is 1. The molecule has 1 aromatic rings. The molecule has 3 rings (SSSR count). The molecular formula is C26H42O3. The fraction of sp³-hybridized carbons (Fsp3) is 0.769. The van der Waals surface area contributed by atoms with Gasteiger partial charge >= 0.3 is 0 Å². The van der Waals surface area contributed by atoms with Gasteiger partial charge in [0, 0.05) is 10.8 Å². The van der Waals surface area contributed by atoms with Crippen molar-refractivity contribution in [2.24, 2.45) is 16.7 Å². The minimum atomic E-state index is -1.10. The van der Waals surface area contributed by atoms with Crippen molar-refractivity contribution in [3.8, 4) is 11.5 Å². The summed E-state index contributed by atoms with van der Waals surface area (Å²) in [6.45, 7) is 13.2. The highest BCUT2D eigenvalue weighted by atomic mass is 16.5. The maximum absolute atomic E-state index is 12.2. The molecule has 0 radical (unpaired) electrons. The summed E-state index contributed by atoms with van der Waals surface area (Å²) in [6, 6.07) is 3.96. The first-order valence-electron chi connectivity index (χ1n) is 11.6. The van der Waals surface area contributed by atoms with Gasteiger partial charge in [-0.15, -0.1) is 0 Å². The van der Waals surface area contributed by atoms with E-state index in [9.17, 15) is 10.2 Å². The van der Waals surface area contributed by atoms with Gasteiger partial charge in [0.15, 0.2) is 0 Å². The van der Waals surface area contributed by atoms with Crippen molar-refractivity contribution >= 4 is 0 Å². The van der Waals surface area contributed by atoms with Crippen LogP contribution in [0.1, 0.15) is 104 Å². The number of aromatic hydroxyl groups is 1. The van der Waals surface area contributed by atoms with Gasteiger partial charge < -0.3 is 14.9 Å². The maximum atomic E-state index is 12.2. The molecule has 2 fully saturated rings. The van der Waals surface area contributed by atoms with Crippen LogP contribution < -0.4 is 4.74 Å². The number of benzene rings is 1. The molecule has 0 amide bonds. The summed E-state index contributed by atoms with van der Waals surface area (Å²) in [5, 5.41) is 23.4. The fourth-order valence-corrected chi connectivity index (χ4v) is 6.54. The molecule has 2 saturated carbocycles. The van der Waals surface area contributed by atoms with Crippen molar-refractivity contribution in [1.82, 2.24) is 0 Å². The summed E-state index contributed by atoms with van der Waals surface area (Å²) in [6.07, 6.45) is 9.15. The Morgan fingerprint density at radius 1 is 1.14 bits per heavy atom. The third-order valence-electron chi connectivity index (χ3n) is 8.67. The van der Waals surface area contributed by atoms with Crippen LogP contribution >= 0.6 is 0 Å². The molecule has 3 nitrogen and oxygen atoms in total. The van der Waals surface area contributed by atoms with Crippen molar-refractivity contribution < 1.29 is 14.9 Å². The summed E-state index contributed by atoms with van der Waals surface area (Å²) in [5.41, 5.74) is 0.00284. The van der Waals surface area contributed by atoms with Crippen LogP contribution in [0.3, 0.4) is 0 Å². The van der Waals surface area contributed by atoms with Crippen molar-refractivity contribution in [2.45, 2.75) is 104 Å². The predicted molar refractivity (Wildman–Crippen MR) is 120 cm³/mol. The molecule has 0 spiro atoms. The molecule has 1 aromatic carbocycles. The second kappa shape index (κ2) is 7.48. The monoisotopic (exact) mass is 402 g/mol. The van der Waals surface area contributed by atoms with Crippen LogP contribution in [0.2, 0.25) is 0 Å². The fourth-order valence-electron chi connectivity index (χ4n) is 6.54. The van der Waals surface area contributed by atoms with E-state index in [-0.39, 0.29) is 22.0 Å². The molecule has 2 N–H and O–H groups in total. The molecule has 3 unspecified atom stereocenters. The van der Waals surface area contributed by atoms with Gasteiger partial charge in [0.2, 0.25) is 0 Å². The smallest absolute Gasteiger partial charge is 0.129 e. The van der Waals surface area contributed by atoms with E-state index in [4.69, 9.17) is 4.74 Å². The Kier molecular flexibility index (Phi) is 5.79. The third-order valence-corrected chi connectivity index (χ3v) is 8.67. The summed E-state index contributed by atoms with van der Waals surface area (Å²) in [5.74, 6) is 1.28. The first kappa shape index (κ1) is 22.5. The quantitative estimate of drug-likeness (QED) is 0.477. The maximum Gasteiger partial charge on any atom is 0.129 e. The molecule has 29 heavy (non-hydrogen) atoms. The van der Waals surface area contributed by atoms with E-state index < -0.39 is 5.60 Å². The molecular weight excluding hydrogens is 360 g/mol. The van der Waals surface area contributed by atoms with E-state index >= 15 is 0 Å². The molecule has 3 heteroatoms. The lowest BCUT2D eigenvalue weighted by atomic mass is 9.57. The number of unbranched alkanes of at least 4 members (excludes halogenated alkanes) is 3. The Hall–Kier alpha value is -1.22. The highest BCUT2D eigenvalue weighted by molar-refractivity contribution is 5.55. The normalized spacial score (nSPS) is 30.7. The molecule has 0 heterocycles. The molecule has 0 aromatic heterocycles. The minimum Gasteiger partial charge on any atom is -0.507 e. The molecule has 3 atom stereocenters. The Bertz CT molecular complexity index is 744. The van der Waals surface area contributed by atoms with Crippen molar-refractivity contribution in [1.29, 1.82) is 0 Å². The summed E-state index contributed by atoms with van der Waals surface area (Å²) in [7, 11) is 1.65. The van der Waals surface area contributed by atoms with Crippen LogP contribution in [0.25, 0.3) is 0 Å². The Balaban J connectivity index is 2.02. The predicted octanol–water partition coefficient (Wildman–Crippen LogP) is 6.68. The zero-order valence-corrected chi connectivity index (χ0v) is 19.7. The molecule has 2 aliphatic rings. The van der Waals surface area contributed by atoms with E-state index in [1.807, 2.05) is 6.07 Å². The van der Waals surface area contributed by atoms with Crippen LogP contribution in [0.5, 0.6) is 11.5 Å². The Labute approximate surface area is 177 Å². The largest absolute Gasteiger partial charge is 0.507 e. The number of fused-ring (bicyclic) bond motifs is 2. The van der Waals surface area contributed by atoms with Gasteiger partial charge in [-0.25, -0.2) is 0 Å². The number of phenols is 1. The number of ether oxygens (including phenoxy) is 1. The van der Waals surface area contributed by atoms with Crippen molar-refractivity contribution in [3.63, 3.8) is 0 Å². The number of hydrogen-bond donors (Lipinski definition) is 2. The average Bonchev–Trinajstić information content (AvgIpc) is 3.13. The van der Waals surface area contributed by atoms with Crippen LogP contribution in [0.15, 0.2) is 12.1 Å². The second-order valence-electron chi connectivity index (χ2n) is 11.2. The van der Waals surface area contributed by atoms with Crippen LogP contribution in [-0.4, -0.2) is 17.3 Å². The minimum absolute atomic E-state index is 0.0479. The first-order chi connectivity index (χ1) is 13.4. The standard InChI is InChI=1S/C26H42O3/c1-8-9-10-11-13-23(2,3)19-15-20(27)22(21(16-19)29-7)26(28)24(4,5)18-12-14-25(26,6)17-18/h15-16,18,27-28H,8-14,17H2,1-7H3. The van der Waals surface area contributed by atoms with Gasteiger partial charge in [-0.05, 0) is 54.7 Å². The van der Waals surface area contributed by atoms with Gasteiger partial charge in [-0.2, -0.15) is 0 Å². The van der Waals surface area contributed by atoms with Gasteiger partial charge in [0.1, 0.15) is 17.1 Å². The molecule has 164 valence electrons. The van der Waals surface area contributed by atoms with E-state index in [1.54, 1.807) is 7.11 Å². The Morgan fingerprint density at radius 3 is 2.38 bits per heavy atom. The molecule has 0 aliphatic heterocycles. The van der Waals surface area contributed by atoms with E-state index in [0.717, 1.165) is 31.2 Å². The van der Waals surface area contributed by atoms with Gasteiger partial charge in [-0.3, -0.25) is 0 Å². The van der Waals surface area contributed by atoms with E-state index in [0.29, 0.717) is 17.2 Å². The van der Waals surface area contributed by atoms with Gasteiger partial charge in [0.25, 0.3) is 0 Å². The highest BCUT2D eigenvalue weighted by Crippen LogP contribution is 2.73. The van der Waals surface area contributed by atoms with E-state index in [1.165, 1.54) is 25.7 Å². The topological polar surface area (TPSA) is 49.7 Å². The lowest BCUT2D eigenvalue weighted by molar-refractivity contribution is -0.152. The number of aliphatic hydroxyl groups is 1. The van der Waals surface area contributed by atoms with Gasteiger partial charge in [-0.1, -0.05) is 67.2 Å². The number of rotatable bonds is 8. The van der Waals surface area contributed by atoms with E-state index in [2.05, 4.69) is 47.6 Å². The average molecular weight is 403 g/mol. The molecule has 0 saturated heterocycles. The zero-order valence-electron chi connectivity index (χ0n) is 19.7. The zero-order chi connectivity index (χ0) is 21.7. The SMILES string of the molecule is CCCCCCC(C)(C)c1cc(O)c(C2(O)C3(C)CCC(C3)C2(C)C)c(OC)c1. The second-order valence-corrected chi connectivity index (χ2v) is 11.2. The third kappa shape index (κ3) is 3.28. The summed E-state index contributed by atoms with van der Waals surface area (Å²) in [4.78, 5) is 0. The van der Waals surface area contributed by atoms with Crippen LogP contribution in [-0.2, 0) is 11.0 Å². The summed E-state index contributed by atoms with van der Waals surface area (Å²) >= 11 is 0. The van der Waals surface area contributed by atoms with Gasteiger partial charge in [0.05, 0.1) is 12.7 Å². The first-order valence-corrected chi connectivity index (χ1v) is 11.6. The summed E-state index contributed by atoms with van der Waals surface area (Å²) < 4.78 is 5.81. The lowest BCUT2D eigenvalue weighted by Gasteiger charge is -2.51. The molecule has 2 aliphatic carbocycles. The lowest BCUT2D eigenvalue weighted by Crippen LogP contribution is -2.51. The van der Waals surface area contributed by atoms with Crippen LogP contribution in [0.4, 0.5) is 0 Å². The number of methoxy groups -OCH3 is 1. The molecule has 2 bridgehead atoms. The van der Waals surface area contributed by atoms with Crippen molar-refractivity contribution in [3.05, 3.63) is 23.3 Å². The van der Waals surface area contributed by atoms with Crippen LogP contribution in [0, 0.1) is 16.7 Å². The Morgan fingerprint density at radius 2 is 1.83 bits per heavy atom. The highest BCUT2D eigenvalue weighted by Gasteiger charge is 2.70. The van der Waals surface area contributed by atoms with Crippen molar-refractivity contribution in [2.75, 3.05) is 7.11 Å². The number of hydrogen-bond acceptors (Lipinski definition) is 3.